The summed E-state index contributed by atoms with van der Waals surface area (Å²) in [6.07, 6.45) is 0. The van der Waals surface area contributed by atoms with Crippen molar-refractivity contribution in [1.82, 2.24) is 9.97 Å². The summed E-state index contributed by atoms with van der Waals surface area (Å²) in [5.74, 6) is 1.31. The van der Waals surface area contributed by atoms with Gasteiger partial charge in [-0.2, -0.15) is 0 Å². The third-order valence-corrected chi connectivity index (χ3v) is 5.29. The second-order valence-corrected chi connectivity index (χ2v) is 7.22. The predicted molar refractivity (Wildman–Crippen MR) is 102 cm³/mol. The van der Waals surface area contributed by atoms with Gasteiger partial charge in [-0.25, -0.2) is 4.98 Å². The van der Waals surface area contributed by atoms with Gasteiger partial charge in [0.15, 0.2) is 0 Å². The number of thioether (sulfide) groups is 1. The number of rotatable bonds is 5. The van der Waals surface area contributed by atoms with Gasteiger partial charge in [-0.15, -0.1) is 11.8 Å². The molecule has 0 fully saturated rings. The van der Waals surface area contributed by atoms with Crippen molar-refractivity contribution in [2.24, 2.45) is 0 Å². The Labute approximate surface area is 146 Å². The highest BCUT2D eigenvalue weighted by Crippen LogP contribution is 2.28. The number of aromatic nitrogens is 2. The Morgan fingerprint density at radius 2 is 2.00 bits per heavy atom. The number of para-hydroxylation sites is 2. The normalized spacial score (nSPS) is 12.3. The quantitative estimate of drug-likeness (QED) is 0.713. The smallest absolute Gasteiger partial charge is 0.234 e. The molecule has 24 heavy (non-hydrogen) atoms. The Kier molecular flexibility index (Phi) is 4.90. The van der Waals surface area contributed by atoms with Crippen LogP contribution in [-0.2, 0) is 4.79 Å². The van der Waals surface area contributed by atoms with Crippen LogP contribution in [0.2, 0.25) is 0 Å². The van der Waals surface area contributed by atoms with Gasteiger partial charge in [-0.1, -0.05) is 24.3 Å². The van der Waals surface area contributed by atoms with Crippen LogP contribution in [0.5, 0.6) is 0 Å². The largest absolute Gasteiger partial charge is 0.341 e. The molecule has 0 spiro atoms. The maximum Gasteiger partial charge on any atom is 0.234 e. The van der Waals surface area contributed by atoms with Gasteiger partial charge in [0.1, 0.15) is 5.82 Å². The third-order valence-electron chi connectivity index (χ3n) is 4.14. The van der Waals surface area contributed by atoms with E-state index >= 15 is 0 Å². The number of nitrogens with one attached hydrogen (secondary N) is 2. The average molecular weight is 339 g/mol. The molecule has 4 nitrogen and oxygen atoms in total. The Bertz CT molecular complexity index is 839. The molecule has 1 atom stereocenters. The van der Waals surface area contributed by atoms with Crippen LogP contribution in [0.3, 0.4) is 0 Å². The molecule has 0 unspecified atom stereocenters. The number of benzene rings is 2. The number of carbonyl (C=O) groups excluding carboxylic acids is 1. The molecule has 0 radical (unpaired) electrons. The molecule has 124 valence electrons. The van der Waals surface area contributed by atoms with E-state index in [2.05, 4.69) is 22.2 Å². The summed E-state index contributed by atoms with van der Waals surface area (Å²) in [6.45, 7) is 6.13. The third kappa shape index (κ3) is 3.62. The van der Waals surface area contributed by atoms with Gasteiger partial charge < -0.3 is 10.3 Å². The number of nitrogens with zero attached hydrogens (tertiary/aromatic N) is 1. The van der Waals surface area contributed by atoms with E-state index in [1.807, 2.05) is 56.3 Å². The number of hydrogen-bond donors (Lipinski definition) is 2. The molecule has 1 heterocycles. The number of carbonyl (C=O) groups is 1. The number of H-pyrrole nitrogens is 1. The summed E-state index contributed by atoms with van der Waals surface area (Å²) in [6, 6.07) is 13.9. The van der Waals surface area contributed by atoms with Gasteiger partial charge in [0, 0.05) is 5.69 Å². The van der Waals surface area contributed by atoms with Crippen LogP contribution in [-0.4, -0.2) is 21.6 Å². The van der Waals surface area contributed by atoms with Crippen LogP contribution in [0.15, 0.2) is 42.5 Å². The molecular formula is C19H21N3OS. The topological polar surface area (TPSA) is 57.8 Å². The molecule has 2 aromatic carbocycles. The number of imidazole rings is 1. The second kappa shape index (κ2) is 7.09. The molecule has 1 aromatic heterocycles. The van der Waals surface area contributed by atoms with Crippen molar-refractivity contribution in [3.05, 3.63) is 59.4 Å². The molecule has 0 saturated heterocycles. The second-order valence-electron chi connectivity index (χ2n) is 5.89. The Balaban J connectivity index is 1.60. The molecule has 0 aliphatic carbocycles. The van der Waals surface area contributed by atoms with E-state index in [-0.39, 0.29) is 11.2 Å². The van der Waals surface area contributed by atoms with Crippen LogP contribution >= 0.6 is 11.8 Å². The number of aryl methyl sites for hydroxylation is 1. The first-order valence-electron chi connectivity index (χ1n) is 7.97. The summed E-state index contributed by atoms with van der Waals surface area (Å²) < 4.78 is 0. The van der Waals surface area contributed by atoms with Crippen LogP contribution in [0.25, 0.3) is 11.0 Å². The first-order chi connectivity index (χ1) is 11.5. The number of anilines is 1. The van der Waals surface area contributed by atoms with E-state index < -0.39 is 0 Å². The summed E-state index contributed by atoms with van der Waals surface area (Å²) in [4.78, 5) is 20.1. The lowest BCUT2D eigenvalue weighted by molar-refractivity contribution is -0.113. The van der Waals surface area contributed by atoms with E-state index in [9.17, 15) is 4.79 Å². The van der Waals surface area contributed by atoms with Gasteiger partial charge >= 0.3 is 0 Å². The molecular weight excluding hydrogens is 318 g/mol. The zero-order valence-electron chi connectivity index (χ0n) is 14.1. The molecule has 5 heteroatoms. The fourth-order valence-electron chi connectivity index (χ4n) is 2.52. The Morgan fingerprint density at radius 1 is 1.21 bits per heavy atom. The van der Waals surface area contributed by atoms with E-state index in [0.717, 1.165) is 28.1 Å². The maximum absolute atomic E-state index is 12.2. The minimum atomic E-state index is 0.0108. The number of aromatic amines is 1. The van der Waals surface area contributed by atoms with Crippen LogP contribution < -0.4 is 5.32 Å². The fourth-order valence-corrected chi connectivity index (χ4v) is 3.26. The first-order valence-corrected chi connectivity index (χ1v) is 9.02. The average Bonchev–Trinajstić information content (AvgIpc) is 3.01. The van der Waals surface area contributed by atoms with Crippen molar-refractivity contribution in [2.75, 3.05) is 11.1 Å². The van der Waals surface area contributed by atoms with E-state index in [1.54, 1.807) is 11.8 Å². The molecule has 0 saturated carbocycles. The van der Waals surface area contributed by atoms with Gasteiger partial charge in [0.05, 0.1) is 22.0 Å². The van der Waals surface area contributed by atoms with Crippen molar-refractivity contribution in [1.29, 1.82) is 0 Å². The number of hydrogen-bond acceptors (Lipinski definition) is 3. The standard InChI is InChI=1S/C19H21N3OS/c1-12-7-6-10-15(13(12)2)20-18(23)11-24-14(3)19-21-16-8-4-5-9-17(16)22-19/h4-10,14H,11H2,1-3H3,(H,20,23)(H,21,22)/t14-/m0/s1. The lowest BCUT2D eigenvalue weighted by Crippen LogP contribution is -2.15. The molecule has 0 aliphatic heterocycles. The van der Waals surface area contributed by atoms with Crippen molar-refractivity contribution in [3.8, 4) is 0 Å². The molecule has 0 bridgehead atoms. The van der Waals surface area contributed by atoms with Crippen molar-refractivity contribution < 1.29 is 4.79 Å². The summed E-state index contributed by atoms with van der Waals surface area (Å²) in [5.41, 5.74) is 5.16. The van der Waals surface area contributed by atoms with Crippen molar-refractivity contribution >= 4 is 34.4 Å². The first kappa shape index (κ1) is 16.6. The summed E-state index contributed by atoms with van der Waals surface area (Å²) in [5, 5.41) is 3.12. The fraction of sp³-hybridized carbons (Fsp3) is 0.263. The highest BCUT2D eigenvalue weighted by Gasteiger charge is 2.14. The van der Waals surface area contributed by atoms with Gasteiger partial charge in [-0.3, -0.25) is 4.79 Å². The zero-order chi connectivity index (χ0) is 17.1. The molecule has 0 aliphatic rings. The SMILES string of the molecule is Cc1cccc(NC(=O)CS[C@@H](C)c2nc3ccccc3[nH]2)c1C. The van der Waals surface area contributed by atoms with Crippen molar-refractivity contribution in [3.63, 3.8) is 0 Å². The minimum absolute atomic E-state index is 0.0108. The Morgan fingerprint density at radius 3 is 2.79 bits per heavy atom. The van der Waals surface area contributed by atoms with Gasteiger partial charge in [0.2, 0.25) is 5.91 Å². The van der Waals surface area contributed by atoms with Crippen LogP contribution in [0.1, 0.15) is 29.1 Å². The molecule has 2 N–H and O–H groups in total. The predicted octanol–water partition coefficient (Wildman–Crippen LogP) is 4.61. The van der Waals surface area contributed by atoms with E-state index in [1.165, 1.54) is 5.56 Å². The zero-order valence-corrected chi connectivity index (χ0v) is 14.9. The van der Waals surface area contributed by atoms with E-state index in [4.69, 9.17) is 0 Å². The summed E-state index contributed by atoms with van der Waals surface area (Å²) >= 11 is 1.58. The minimum Gasteiger partial charge on any atom is -0.341 e. The highest BCUT2D eigenvalue weighted by atomic mass is 32.2. The highest BCUT2D eigenvalue weighted by molar-refractivity contribution is 8.00. The van der Waals surface area contributed by atoms with Crippen molar-refractivity contribution in [2.45, 2.75) is 26.0 Å². The molecule has 3 rings (SSSR count). The number of fused-ring (bicyclic) bond motifs is 1. The van der Waals surface area contributed by atoms with Crippen LogP contribution in [0, 0.1) is 13.8 Å². The van der Waals surface area contributed by atoms with Gasteiger partial charge in [-0.05, 0) is 50.1 Å². The lowest BCUT2D eigenvalue weighted by Gasteiger charge is -2.11. The van der Waals surface area contributed by atoms with Crippen LogP contribution in [0.4, 0.5) is 5.69 Å². The van der Waals surface area contributed by atoms with E-state index in [0.29, 0.717) is 5.75 Å². The van der Waals surface area contributed by atoms with Gasteiger partial charge in [0.25, 0.3) is 0 Å². The molecule has 3 aromatic rings. The number of amides is 1. The maximum atomic E-state index is 12.2. The lowest BCUT2D eigenvalue weighted by atomic mass is 10.1. The monoisotopic (exact) mass is 339 g/mol. The molecule has 1 amide bonds. The Hall–Kier alpha value is -2.27. The summed E-state index contributed by atoms with van der Waals surface area (Å²) in [7, 11) is 0.